The number of hydrogen-bond acceptors (Lipinski definition) is 6. The highest BCUT2D eigenvalue weighted by molar-refractivity contribution is 6.19. The topological polar surface area (TPSA) is 59.0 Å². The van der Waals surface area contributed by atoms with Crippen LogP contribution in [0.5, 0.6) is 0 Å². The van der Waals surface area contributed by atoms with Crippen molar-refractivity contribution in [2.75, 3.05) is 9.80 Å². The lowest BCUT2D eigenvalue weighted by Crippen LogP contribution is -2.11. The molecule has 0 radical (unpaired) electrons. The zero-order valence-corrected chi connectivity index (χ0v) is 45.0. The highest BCUT2D eigenvalue weighted by Crippen LogP contribution is 2.49. The Hall–Kier alpha value is -9.26. The van der Waals surface area contributed by atoms with Crippen molar-refractivity contribution in [2.45, 2.75) is 66.2 Å². The third kappa shape index (κ3) is 7.02. The van der Waals surface area contributed by atoms with E-state index in [1.807, 2.05) is 0 Å². The molecule has 15 rings (SSSR count). The van der Waals surface area contributed by atoms with E-state index >= 15 is 0 Å². The summed E-state index contributed by atoms with van der Waals surface area (Å²) in [4.78, 5) is 4.68. The Morgan fingerprint density at radius 2 is 0.654 bits per heavy atom. The second-order valence-corrected chi connectivity index (χ2v) is 23.4. The summed E-state index contributed by atoms with van der Waals surface area (Å²) in [6.45, 7) is 17.8. The van der Waals surface area contributed by atoms with Crippen LogP contribution in [0.15, 0.2) is 212 Å². The molecule has 0 saturated carbocycles. The van der Waals surface area contributed by atoms with Crippen LogP contribution in [0.3, 0.4) is 0 Å². The van der Waals surface area contributed by atoms with Gasteiger partial charge < -0.3 is 27.5 Å². The summed E-state index contributed by atoms with van der Waals surface area (Å²) in [6.07, 6.45) is 0. The van der Waals surface area contributed by atoms with Crippen LogP contribution in [-0.4, -0.2) is 0 Å². The summed E-state index contributed by atoms with van der Waals surface area (Å²) in [5.41, 5.74) is 17.6. The Labute approximate surface area is 451 Å². The maximum atomic E-state index is 6.97. The van der Waals surface area contributed by atoms with E-state index in [2.05, 4.69) is 259 Å². The number of nitrogens with zero attached hydrogens (tertiary/aromatic N) is 2. The molecule has 6 nitrogen and oxygen atoms in total. The van der Waals surface area contributed by atoms with Gasteiger partial charge in [-0.05, 0) is 136 Å². The lowest BCUT2D eigenvalue weighted by Gasteiger charge is -2.27. The first-order chi connectivity index (χ1) is 37.7. The van der Waals surface area contributed by atoms with Gasteiger partial charge in [0.15, 0.2) is 11.2 Å². The normalized spacial score (nSPS) is 12.6. The lowest BCUT2D eigenvalue weighted by molar-refractivity contribution is 0.572. The highest BCUT2D eigenvalue weighted by atomic mass is 16.3. The first-order valence-corrected chi connectivity index (χ1v) is 27.0. The van der Waals surface area contributed by atoms with Gasteiger partial charge in [-0.3, -0.25) is 0 Å². The number of rotatable bonds is 6. The maximum absolute atomic E-state index is 6.97. The first-order valence-electron chi connectivity index (χ1n) is 27.0. The monoisotopic (exact) mass is 1010 g/mol. The maximum Gasteiger partial charge on any atom is 0.159 e. The second kappa shape index (κ2) is 16.6. The Kier molecular flexibility index (Phi) is 9.82. The summed E-state index contributed by atoms with van der Waals surface area (Å²) in [5, 5.41) is 13.1. The Balaban J connectivity index is 0.835. The van der Waals surface area contributed by atoms with Crippen molar-refractivity contribution in [1.29, 1.82) is 0 Å². The van der Waals surface area contributed by atoms with Crippen molar-refractivity contribution in [1.82, 2.24) is 0 Å². The Morgan fingerprint density at radius 3 is 1.08 bits per heavy atom. The van der Waals surface area contributed by atoms with Crippen LogP contribution in [0.1, 0.15) is 63.8 Å². The van der Waals surface area contributed by atoms with E-state index in [9.17, 15) is 0 Å². The van der Waals surface area contributed by atoms with Crippen LogP contribution in [0, 0.1) is 13.8 Å². The van der Waals surface area contributed by atoms with Gasteiger partial charge in [0.05, 0.1) is 11.4 Å². The minimum Gasteiger partial charge on any atom is -0.456 e. The van der Waals surface area contributed by atoms with E-state index in [4.69, 9.17) is 17.7 Å². The van der Waals surface area contributed by atoms with Crippen LogP contribution in [0.4, 0.5) is 34.1 Å². The van der Waals surface area contributed by atoms with Crippen molar-refractivity contribution in [2.24, 2.45) is 0 Å². The van der Waals surface area contributed by atoms with Crippen LogP contribution in [0.2, 0.25) is 0 Å². The molecule has 0 aliphatic carbocycles. The molecular formula is C72H56N2O4. The molecule has 0 fully saturated rings. The van der Waals surface area contributed by atoms with Crippen molar-refractivity contribution in [3.63, 3.8) is 0 Å². The van der Waals surface area contributed by atoms with Crippen molar-refractivity contribution < 1.29 is 17.7 Å². The van der Waals surface area contributed by atoms with Crippen LogP contribution in [-0.2, 0) is 10.8 Å². The van der Waals surface area contributed by atoms with E-state index in [1.165, 1.54) is 11.1 Å². The summed E-state index contributed by atoms with van der Waals surface area (Å²) in [6, 6.07) is 69.9. The molecule has 11 aromatic carbocycles. The fourth-order valence-corrected chi connectivity index (χ4v) is 12.4. The molecule has 78 heavy (non-hydrogen) atoms. The fraction of sp³-hybridized carbons (Fsp3) is 0.139. The highest BCUT2D eigenvalue weighted by Gasteiger charge is 2.27. The van der Waals surface area contributed by atoms with E-state index < -0.39 is 0 Å². The standard InChI is InChI=1S/C72H56N2O4/c1-41-17-9-11-25-59(41)73(61-27-15-21-51-49-19-13-23-57(71(3,4)5)67(49)77-69(51)61)47-31-29-43-35-53-55-39-56-54-36-44-30-32-48(34-46(44)38-64(54)76-66(56)40-65(55)75-63(53)37-45(43)33-47)74(60-26-12-10-18-42(60)2)62-28-16-22-52-50-20-14-24-58(72(6,7)8)68(50)78-70(52)62/h9-40H,1-8H3. The largest absolute Gasteiger partial charge is 0.456 e. The molecule has 0 N–H and O–H groups in total. The zero-order valence-electron chi connectivity index (χ0n) is 45.0. The summed E-state index contributed by atoms with van der Waals surface area (Å²) in [7, 11) is 0. The van der Waals surface area contributed by atoms with Crippen LogP contribution in [0.25, 0.3) is 109 Å². The predicted octanol–water partition coefficient (Wildman–Crippen LogP) is 21.7. The van der Waals surface area contributed by atoms with Gasteiger partial charge in [0, 0.05) is 83.0 Å². The number of furan rings is 4. The van der Waals surface area contributed by atoms with Crippen molar-refractivity contribution >= 4 is 143 Å². The lowest BCUT2D eigenvalue weighted by atomic mass is 9.86. The Bertz CT molecular complexity index is 4680. The van der Waals surface area contributed by atoms with Crippen molar-refractivity contribution in [3.05, 3.63) is 216 Å². The molecule has 15 aromatic rings. The first kappa shape index (κ1) is 46.1. The molecule has 0 saturated heterocycles. The van der Waals surface area contributed by atoms with E-state index in [0.717, 1.165) is 155 Å². The van der Waals surface area contributed by atoms with Gasteiger partial charge in [0.25, 0.3) is 0 Å². The number of hydrogen-bond donors (Lipinski definition) is 0. The van der Waals surface area contributed by atoms with Crippen LogP contribution < -0.4 is 9.80 Å². The number of benzene rings is 11. The molecule has 4 heterocycles. The van der Waals surface area contributed by atoms with Gasteiger partial charge in [-0.15, -0.1) is 0 Å². The molecule has 0 aliphatic heterocycles. The third-order valence-corrected chi connectivity index (χ3v) is 16.3. The molecule has 0 amide bonds. The smallest absolute Gasteiger partial charge is 0.159 e. The molecule has 0 spiro atoms. The molecule has 0 bridgehead atoms. The van der Waals surface area contributed by atoms with Crippen molar-refractivity contribution in [3.8, 4) is 0 Å². The van der Waals surface area contributed by atoms with Gasteiger partial charge in [-0.1, -0.05) is 151 Å². The van der Waals surface area contributed by atoms with Crippen LogP contribution >= 0.6 is 0 Å². The minimum atomic E-state index is -0.0827. The number of para-hydroxylation sites is 6. The molecule has 378 valence electrons. The molecular weight excluding hydrogens is 957 g/mol. The number of fused-ring (bicyclic) bond motifs is 14. The summed E-state index contributed by atoms with van der Waals surface area (Å²) in [5.74, 6) is 0. The minimum absolute atomic E-state index is 0.0827. The zero-order chi connectivity index (χ0) is 52.9. The average Bonchev–Trinajstić information content (AvgIpc) is 4.32. The van der Waals surface area contributed by atoms with Gasteiger partial charge in [-0.25, -0.2) is 0 Å². The molecule has 0 aliphatic rings. The molecule has 4 aromatic heterocycles. The second-order valence-electron chi connectivity index (χ2n) is 23.4. The molecule has 6 heteroatoms. The average molecular weight is 1010 g/mol. The van der Waals surface area contributed by atoms with Gasteiger partial charge in [0.2, 0.25) is 0 Å². The molecule has 0 atom stereocenters. The quantitative estimate of drug-likeness (QED) is 0.165. The number of aryl methyl sites for hydroxylation is 2. The van der Waals surface area contributed by atoms with E-state index in [1.54, 1.807) is 0 Å². The SMILES string of the molecule is Cc1ccccc1N(c1ccc2cc3c(cc2c1)oc1cc2oc4cc5cc(N(c6ccccc6C)c6cccc7c6oc6c(C(C)(C)C)cccc67)ccc5cc4c2cc13)c1cccc2c1oc1c(C(C)(C)C)cccc12. The van der Waals surface area contributed by atoms with E-state index in [-0.39, 0.29) is 10.8 Å². The Morgan fingerprint density at radius 1 is 0.282 bits per heavy atom. The number of anilines is 6. The van der Waals surface area contributed by atoms with Gasteiger partial charge in [0.1, 0.15) is 33.5 Å². The summed E-state index contributed by atoms with van der Waals surface area (Å²) >= 11 is 0. The fourth-order valence-electron chi connectivity index (χ4n) is 12.4. The van der Waals surface area contributed by atoms with Gasteiger partial charge in [-0.2, -0.15) is 0 Å². The predicted molar refractivity (Wildman–Crippen MR) is 327 cm³/mol. The summed E-state index contributed by atoms with van der Waals surface area (Å²) < 4.78 is 27.5. The molecule has 0 unspecified atom stereocenters. The van der Waals surface area contributed by atoms with Gasteiger partial charge >= 0.3 is 0 Å². The van der Waals surface area contributed by atoms with E-state index in [0.29, 0.717) is 0 Å². The third-order valence-electron chi connectivity index (χ3n) is 16.3.